The Morgan fingerprint density at radius 2 is 2.07 bits per heavy atom. The molecule has 0 aliphatic carbocycles. The van der Waals surface area contributed by atoms with Crippen molar-refractivity contribution in [2.45, 2.75) is 0 Å². The molecule has 2 aromatic rings. The molecule has 0 unspecified atom stereocenters. The zero-order chi connectivity index (χ0) is 10.1. The predicted molar refractivity (Wildman–Crippen MR) is 62.0 cm³/mol. The highest BCUT2D eigenvalue weighted by molar-refractivity contribution is 7.14. The molecule has 0 bridgehead atoms. The third kappa shape index (κ3) is 1.71. The molecule has 0 fully saturated rings. The van der Waals surface area contributed by atoms with E-state index in [0.717, 1.165) is 11.3 Å². The van der Waals surface area contributed by atoms with Gasteiger partial charge in [-0.15, -0.1) is 11.3 Å². The first kappa shape index (κ1) is 9.77. The van der Waals surface area contributed by atoms with Crippen molar-refractivity contribution in [3.05, 3.63) is 33.8 Å². The Morgan fingerprint density at radius 3 is 2.64 bits per heavy atom. The number of nitrogens with two attached hydrogens (primary N) is 1. The molecule has 1 heterocycles. The monoisotopic (exact) mass is 244 g/mol. The number of hydrogen-bond donors (Lipinski definition) is 1. The molecule has 2 rings (SSSR count). The summed E-state index contributed by atoms with van der Waals surface area (Å²) in [5, 5.41) is 1.83. The molecule has 0 saturated heterocycles. The topological polar surface area (TPSA) is 38.9 Å². The highest BCUT2D eigenvalue weighted by Gasteiger charge is 2.09. The van der Waals surface area contributed by atoms with Crippen molar-refractivity contribution in [2.75, 3.05) is 5.73 Å². The molecular weight excluding hydrogens is 239 g/mol. The Morgan fingerprint density at radius 1 is 1.29 bits per heavy atom. The normalized spacial score (nSPS) is 10.4. The van der Waals surface area contributed by atoms with E-state index in [-0.39, 0.29) is 0 Å². The van der Waals surface area contributed by atoms with Crippen LogP contribution in [0.3, 0.4) is 0 Å². The maximum absolute atomic E-state index is 6.02. The van der Waals surface area contributed by atoms with E-state index >= 15 is 0 Å². The van der Waals surface area contributed by atoms with Gasteiger partial charge in [0, 0.05) is 10.6 Å². The summed E-state index contributed by atoms with van der Waals surface area (Å²) in [6.07, 6.45) is 0. The molecular formula is C9H6Cl2N2S. The summed E-state index contributed by atoms with van der Waals surface area (Å²) in [5.41, 5.74) is 8.97. The van der Waals surface area contributed by atoms with Gasteiger partial charge in [0.05, 0.1) is 10.5 Å². The second-order valence-electron chi connectivity index (χ2n) is 2.69. The maximum atomic E-state index is 6.02. The third-order valence-electron chi connectivity index (χ3n) is 1.78. The van der Waals surface area contributed by atoms with Crippen molar-refractivity contribution >= 4 is 39.5 Å². The van der Waals surface area contributed by atoms with E-state index in [1.807, 2.05) is 6.07 Å². The lowest BCUT2D eigenvalue weighted by Crippen LogP contribution is -1.86. The number of rotatable bonds is 1. The fraction of sp³-hybridized carbons (Fsp3) is 0. The SMILES string of the molecule is Nc1scnc1-c1ccc(Cl)cc1Cl. The van der Waals surface area contributed by atoms with Crippen molar-refractivity contribution in [3.8, 4) is 11.3 Å². The Balaban J connectivity index is 2.58. The van der Waals surface area contributed by atoms with Crippen LogP contribution in [0.5, 0.6) is 0 Å². The molecule has 14 heavy (non-hydrogen) atoms. The molecule has 0 atom stereocenters. The Bertz CT molecular complexity index is 468. The van der Waals surface area contributed by atoms with Crippen LogP contribution in [-0.2, 0) is 0 Å². The van der Waals surface area contributed by atoms with Crippen LogP contribution in [0.25, 0.3) is 11.3 Å². The van der Waals surface area contributed by atoms with Gasteiger partial charge in [-0.25, -0.2) is 4.98 Å². The number of nitrogen functional groups attached to an aromatic ring is 1. The molecule has 1 aromatic heterocycles. The molecule has 0 aliphatic heterocycles. The summed E-state index contributed by atoms with van der Waals surface area (Å²) in [5.74, 6) is 0. The van der Waals surface area contributed by atoms with Gasteiger partial charge in [0.15, 0.2) is 0 Å². The van der Waals surface area contributed by atoms with Crippen LogP contribution in [-0.4, -0.2) is 4.98 Å². The highest BCUT2D eigenvalue weighted by atomic mass is 35.5. The van der Waals surface area contributed by atoms with Gasteiger partial charge in [-0.3, -0.25) is 0 Å². The summed E-state index contributed by atoms with van der Waals surface area (Å²) < 4.78 is 0. The van der Waals surface area contributed by atoms with Gasteiger partial charge >= 0.3 is 0 Å². The van der Waals surface area contributed by atoms with Crippen molar-refractivity contribution in [1.29, 1.82) is 0 Å². The van der Waals surface area contributed by atoms with Crippen LogP contribution >= 0.6 is 34.5 Å². The molecule has 0 spiro atoms. The van der Waals surface area contributed by atoms with Crippen LogP contribution in [0.15, 0.2) is 23.7 Å². The first-order chi connectivity index (χ1) is 6.68. The van der Waals surface area contributed by atoms with Crippen molar-refractivity contribution in [2.24, 2.45) is 0 Å². The number of benzene rings is 1. The third-order valence-corrected chi connectivity index (χ3v) is 2.99. The van der Waals surface area contributed by atoms with Crippen LogP contribution in [0.4, 0.5) is 5.00 Å². The quantitative estimate of drug-likeness (QED) is 0.831. The van der Waals surface area contributed by atoms with E-state index in [0.29, 0.717) is 15.0 Å². The number of thiazole rings is 1. The van der Waals surface area contributed by atoms with E-state index in [2.05, 4.69) is 4.98 Å². The van der Waals surface area contributed by atoms with Gasteiger partial charge in [-0.2, -0.15) is 0 Å². The largest absolute Gasteiger partial charge is 0.389 e. The van der Waals surface area contributed by atoms with Crippen molar-refractivity contribution in [1.82, 2.24) is 4.98 Å². The van der Waals surface area contributed by atoms with E-state index in [1.165, 1.54) is 11.3 Å². The van der Waals surface area contributed by atoms with Crippen LogP contribution < -0.4 is 5.73 Å². The first-order valence-electron chi connectivity index (χ1n) is 3.83. The van der Waals surface area contributed by atoms with Gasteiger partial charge in [-0.05, 0) is 18.2 Å². The molecule has 0 radical (unpaired) electrons. The van der Waals surface area contributed by atoms with Gasteiger partial charge in [0.25, 0.3) is 0 Å². The van der Waals surface area contributed by atoms with E-state index < -0.39 is 0 Å². The number of nitrogens with zero attached hydrogens (tertiary/aromatic N) is 1. The van der Waals surface area contributed by atoms with E-state index in [1.54, 1.807) is 17.6 Å². The summed E-state index contributed by atoms with van der Waals surface area (Å²) in [4.78, 5) is 4.14. The minimum atomic E-state index is 0.565. The van der Waals surface area contributed by atoms with Gasteiger partial charge in [0.1, 0.15) is 10.7 Å². The lowest BCUT2D eigenvalue weighted by atomic mass is 10.1. The molecule has 0 saturated carbocycles. The smallest absolute Gasteiger partial charge is 0.114 e. The van der Waals surface area contributed by atoms with Crippen molar-refractivity contribution in [3.63, 3.8) is 0 Å². The van der Waals surface area contributed by atoms with Gasteiger partial charge in [0.2, 0.25) is 0 Å². The summed E-state index contributed by atoms with van der Waals surface area (Å²) in [6, 6.07) is 5.26. The van der Waals surface area contributed by atoms with Gasteiger partial charge in [-0.1, -0.05) is 23.2 Å². The van der Waals surface area contributed by atoms with Gasteiger partial charge < -0.3 is 5.73 Å². The first-order valence-corrected chi connectivity index (χ1v) is 5.46. The zero-order valence-electron chi connectivity index (χ0n) is 7.00. The molecule has 0 amide bonds. The number of anilines is 1. The van der Waals surface area contributed by atoms with Crippen LogP contribution in [0, 0.1) is 0 Å². The zero-order valence-corrected chi connectivity index (χ0v) is 9.33. The average molecular weight is 245 g/mol. The van der Waals surface area contributed by atoms with E-state index in [4.69, 9.17) is 28.9 Å². The number of halogens is 2. The van der Waals surface area contributed by atoms with Crippen LogP contribution in [0.2, 0.25) is 10.0 Å². The fourth-order valence-corrected chi connectivity index (χ4v) is 2.18. The summed E-state index contributed by atoms with van der Waals surface area (Å²) >= 11 is 13.2. The molecule has 0 aliphatic rings. The Labute approximate surface area is 95.3 Å². The summed E-state index contributed by atoms with van der Waals surface area (Å²) in [7, 11) is 0. The minimum absolute atomic E-state index is 0.565. The average Bonchev–Trinajstić information content (AvgIpc) is 2.52. The maximum Gasteiger partial charge on any atom is 0.114 e. The number of hydrogen-bond acceptors (Lipinski definition) is 3. The Kier molecular flexibility index (Phi) is 2.63. The highest BCUT2D eigenvalue weighted by Crippen LogP contribution is 2.34. The molecule has 5 heteroatoms. The number of aromatic nitrogens is 1. The standard InChI is InChI=1S/C9H6Cl2N2S/c10-5-1-2-6(7(11)3-5)8-9(12)14-4-13-8/h1-4H,12H2. The van der Waals surface area contributed by atoms with E-state index in [9.17, 15) is 0 Å². The lowest BCUT2D eigenvalue weighted by Gasteiger charge is -2.02. The molecule has 72 valence electrons. The minimum Gasteiger partial charge on any atom is -0.389 e. The summed E-state index contributed by atoms with van der Waals surface area (Å²) in [6.45, 7) is 0. The van der Waals surface area contributed by atoms with Crippen molar-refractivity contribution < 1.29 is 0 Å². The second-order valence-corrected chi connectivity index (χ2v) is 4.42. The molecule has 2 N–H and O–H groups in total. The molecule has 1 aromatic carbocycles. The Hall–Kier alpha value is -0.770. The molecule has 2 nitrogen and oxygen atoms in total. The predicted octanol–water partition coefficient (Wildman–Crippen LogP) is 3.70. The van der Waals surface area contributed by atoms with Crippen LogP contribution in [0.1, 0.15) is 0 Å². The lowest BCUT2D eigenvalue weighted by molar-refractivity contribution is 1.41. The second kappa shape index (κ2) is 3.77. The fourth-order valence-electron chi connectivity index (χ4n) is 1.14.